The maximum atomic E-state index is 14.1. The number of ether oxygens (including phenoxy) is 2. The molecule has 2 aliphatic rings. The molecular formula is C14H17ClFNO4S. The highest BCUT2D eigenvalue weighted by molar-refractivity contribution is 7.89. The lowest BCUT2D eigenvalue weighted by Gasteiger charge is -2.36. The summed E-state index contributed by atoms with van der Waals surface area (Å²) < 4.78 is 51.9. The summed E-state index contributed by atoms with van der Waals surface area (Å²) in [6, 6.07) is 3.17. The van der Waals surface area contributed by atoms with E-state index in [1.165, 1.54) is 16.4 Å². The van der Waals surface area contributed by atoms with Crippen molar-refractivity contribution in [3.05, 3.63) is 29.0 Å². The molecule has 2 aliphatic heterocycles. The van der Waals surface area contributed by atoms with Gasteiger partial charge in [-0.15, -0.1) is 0 Å². The first-order chi connectivity index (χ1) is 10.5. The van der Waals surface area contributed by atoms with Crippen LogP contribution in [0.25, 0.3) is 0 Å². The molecule has 0 N–H and O–H groups in total. The van der Waals surface area contributed by atoms with Gasteiger partial charge in [0, 0.05) is 11.6 Å². The van der Waals surface area contributed by atoms with Gasteiger partial charge in [-0.2, -0.15) is 4.31 Å². The first-order valence-corrected chi connectivity index (χ1v) is 9.02. The minimum absolute atomic E-state index is 0.161. The molecule has 22 heavy (non-hydrogen) atoms. The van der Waals surface area contributed by atoms with Gasteiger partial charge in [0.1, 0.15) is 10.7 Å². The third-order valence-corrected chi connectivity index (χ3v) is 6.13. The van der Waals surface area contributed by atoms with E-state index < -0.39 is 28.2 Å². The molecule has 0 unspecified atom stereocenters. The van der Waals surface area contributed by atoms with Crippen LogP contribution < -0.4 is 0 Å². The molecule has 0 amide bonds. The summed E-state index contributed by atoms with van der Waals surface area (Å²) in [5.41, 5.74) is 0. The molecule has 2 saturated heterocycles. The van der Waals surface area contributed by atoms with E-state index in [1.54, 1.807) is 0 Å². The number of rotatable bonds is 3. The van der Waals surface area contributed by atoms with Gasteiger partial charge in [0.15, 0.2) is 6.29 Å². The van der Waals surface area contributed by atoms with Gasteiger partial charge in [-0.25, -0.2) is 12.8 Å². The quantitative estimate of drug-likeness (QED) is 0.840. The van der Waals surface area contributed by atoms with Crippen molar-refractivity contribution in [3.8, 4) is 0 Å². The van der Waals surface area contributed by atoms with Crippen LogP contribution in [0, 0.1) is 5.82 Å². The molecule has 0 radical (unpaired) electrons. The van der Waals surface area contributed by atoms with Crippen LogP contribution in [-0.4, -0.2) is 44.8 Å². The Kier molecular flexibility index (Phi) is 4.70. The lowest BCUT2D eigenvalue weighted by Crippen LogP contribution is -2.50. The van der Waals surface area contributed by atoms with Crippen molar-refractivity contribution in [2.24, 2.45) is 0 Å². The van der Waals surface area contributed by atoms with Crippen molar-refractivity contribution in [3.63, 3.8) is 0 Å². The zero-order chi connectivity index (χ0) is 15.7. The second kappa shape index (κ2) is 6.41. The average molecular weight is 350 g/mol. The first kappa shape index (κ1) is 16.1. The Morgan fingerprint density at radius 1 is 1.23 bits per heavy atom. The standard InChI is InChI=1S/C14H17ClFNO4S/c15-10-4-5-13(11(16)9-10)22(18,19)17-6-2-1-3-12(17)14-20-7-8-21-14/h4-5,9,12,14H,1-3,6-8H2/t12-/m0/s1. The Labute approximate surface area is 134 Å². The van der Waals surface area contributed by atoms with Gasteiger partial charge in [0.2, 0.25) is 10.0 Å². The van der Waals surface area contributed by atoms with E-state index in [1.807, 2.05) is 0 Å². The minimum Gasteiger partial charge on any atom is -0.349 e. The fraction of sp³-hybridized carbons (Fsp3) is 0.571. The van der Waals surface area contributed by atoms with Crippen LogP contribution in [0.5, 0.6) is 0 Å². The molecular weight excluding hydrogens is 333 g/mol. The molecule has 1 aromatic rings. The zero-order valence-corrected chi connectivity index (χ0v) is 13.4. The van der Waals surface area contributed by atoms with E-state index in [0.29, 0.717) is 26.2 Å². The Morgan fingerprint density at radius 3 is 2.64 bits per heavy atom. The van der Waals surface area contributed by atoms with Gasteiger partial charge in [-0.1, -0.05) is 18.0 Å². The number of nitrogens with zero attached hydrogens (tertiary/aromatic N) is 1. The highest BCUT2D eigenvalue weighted by atomic mass is 35.5. The number of halogens is 2. The monoisotopic (exact) mass is 349 g/mol. The van der Waals surface area contributed by atoms with Gasteiger partial charge in [-0.3, -0.25) is 0 Å². The second-order valence-corrected chi connectivity index (χ2v) is 7.66. The fourth-order valence-corrected chi connectivity index (χ4v) is 4.80. The topological polar surface area (TPSA) is 55.8 Å². The number of benzene rings is 1. The molecule has 1 aromatic carbocycles. The summed E-state index contributed by atoms with van der Waals surface area (Å²) in [5, 5.41) is 0.161. The molecule has 0 saturated carbocycles. The molecule has 0 aliphatic carbocycles. The van der Waals surface area contributed by atoms with Crippen LogP contribution in [0.15, 0.2) is 23.1 Å². The molecule has 3 rings (SSSR count). The van der Waals surface area contributed by atoms with E-state index >= 15 is 0 Å². The lowest BCUT2D eigenvalue weighted by molar-refractivity contribution is -0.0913. The van der Waals surface area contributed by atoms with Crippen LogP contribution in [0.2, 0.25) is 5.02 Å². The van der Waals surface area contributed by atoms with Crippen molar-refractivity contribution in [2.75, 3.05) is 19.8 Å². The van der Waals surface area contributed by atoms with Gasteiger partial charge < -0.3 is 9.47 Å². The van der Waals surface area contributed by atoms with Crippen LogP contribution in [0.3, 0.4) is 0 Å². The molecule has 0 spiro atoms. The van der Waals surface area contributed by atoms with E-state index in [0.717, 1.165) is 18.9 Å². The van der Waals surface area contributed by atoms with Crippen LogP contribution >= 0.6 is 11.6 Å². The van der Waals surface area contributed by atoms with Crippen LogP contribution in [-0.2, 0) is 19.5 Å². The zero-order valence-electron chi connectivity index (χ0n) is 11.9. The Bertz CT molecular complexity index is 648. The number of hydrogen-bond acceptors (Lipinski definition) is 4. The van der Waals surface area contributed by atoms with E-state index in [9.17, 15) is 12.8 Å². The first-order valence-electron chi connectivity index (χ1n) is 7.20. The summed E-state index contributed by atoms with van der Waals surface area (Å²) in [5.74, 6) is -0.843. The predicted molar refractivity (Wildman–Crippen MR) is 78.6 cm³/mol. The summed E-state index contributed by atoms with van der Waals surface area (Å²) >= 11 is 5.70. The lowest BCUT2D eigenvalue weighted by atomic mass is 10.0. The van der Waals surface area contributed by atoms with Gasteiger partial charge in [-0.05, 0) is 31.0 Å². The van der Waals surface area contributed by atoms with E-state index in [4.69, 9.17) is 21.1 Å². The molecule has 0 bridgehead atoms. The summed E-state index contributed by atoms with van der Waals surface area (Å²) in [7, 11) is -3.96. The van der Waals surface area contributed by atoms with Crippen molar-refractivity contribution in [1.82, 2.24) is 4.31 Å². The Hall–Kier alpha value is -0.730. The number of sulfonamides is 1. The highest BCUT2D eigenvalue weighted by Crippen LogP contribution is 2.31. The molecule has 5 nitrogen and oxygen atoms in total. The molecule has 2 heterocycles. The largest absolute Gasteiger partial charge is 0.349 e. The summed E-state index contributed by atoms with van der Waals surface area (Å²) in [6.07, 6.45) is 1.69. The van der Waals surface area contributed by atoms with Gasteiger partial charge in [0.05, 0.1) is 19.3 Å². The van der Waals surface area contributed by atoms with Gasteiger partial charge >= 0.3 is 0 Å². The van der Waals surface area contributed by atoms with E-state index in [-0.39, 0.29) is 9.92 Å². The maximum Gasteiger partial charge on any atom is 0.246 e. The normalized spacial score (nSPS) is 24.7. The average Bonchev–Trinajstić information content (AvgIpc) is 3.01. The number of piperidine rings is 1. The summed E-state index contributed by atoms with van der Waals surface area (Å²) in [4.78, 5) is -0.359. The summed E-state index contributed by atoms with van der Waals surface area (Å²) in [6.45, 7) is 1.23. The minimum atomic E-state index is -3.96. The fourth-order valence-electron chi connectivity index (χ4n) is 2.91. The SMILES string of the molecule is O=S(=O)(c1ccc(Cl)cc1F)N1CCCC[C@H]1C1OCCO1. The highest BCUT2D eigenvalue weighted by Gasteiger charge is 2.41. The third-order valence-electron chi connectivity index (χ3n) is 3.94. The van der Waals surface area contributed by atoms with Crippen molar-refractivity contribution in [2.45, 2.75) is 36.5 Å². The van der Waals surface area contributed by atoms with Crippen molar-refractivity contribution < 1.29 is 22.3 Å². The third kappa shape index (κ3) is 3.00. The van der Waals surface area contributed by atoms with Crippen molar-refractivity contribution >= 4 is 21.6 Å². The molecule has 8 heteroatoms. The molecule has 2 fully saturated rings. The number of hydrogen-bond donors (Lipinski definition) is 0. The van der Waals surface area contributed by atoms with Crippen molar-refractivity contribution in [1.29, 1.82) is 0 Å². The Balaban J connectivity index is 1.94. The van der Waals surface area contributed by atoms with Crippen LogP contribution in [0.1, 0.15) is 19.3 Å². The Morgan fingerprint density at radius 2 is 1.95 bits per heavy atom. The van der Waals surface area contributed by atoms with E-state index in [2.05, 4.69) is 0 Å². The predicted octanol–water partition coefficient (Wildman–Crippen LogP) is 2.40. The van der Waals surface area contributed by atoms with Crippen LogP contribution in [0.4, 0.5) is 4.39 Å². The van der Waals surface area contributed by atoms with Gasteiger partial charge in [0.25, 0.3) is 0 Å². The molecule has 1 atom stereocenters. The smallest absolute Gasteiger partial charge is 0.246 e. The second-order valence-electron chi connectivity index (χ2n) is 5.36. The molecule has 122 valence electrons. The molecule has 0 aromatic heterocycles. The maximum absolute atomic E-state index is 14.1.